The van der Waals surface area contributed by atoms with Crippen molar-refractivity contribution in [1.29, 1.82) is 0 Å². The summed E-state index contributed by atoms with van der Waals surface area (Å²) in [6, 6.07) is 12.6. The zero-order chi connectivity index (χ0) is 24.5. The Morgan fingerprint density at radius 1 is 1.17 bits per heavy atom. The largest absolute Gasteiger partial charge is 0.354 e. The van der Waals surface area contributed by atoms with Crippen molar-refractivity contribution in [3.63, 3.8) is 0 Å². The molecule has 4 aromatic rings. The molecule has 6 nitrogen and oxygen atoms in total. The fraction of sp³-hybridized carbons (Fsp3) is 0.296. The predicted molar refractivity (Wildman–Crippen MR) is 136 cm³/mol. The molecule has 0 bridgehead atoms. The molecule has 35 heavy (non-hydrogen) atoms. The first-order valence-corrected chi connectivity index (χ1v) is 12.2. The molecule has 180 valence electrons. The summed E-state index contributed by atoms with van der Waals surface area (Å²) in [7, 11) is 0. The second-order valence-electron chi connectivity index (χ2n) is 9.15. The van der Waals surface area contributed by atoms with Gasteiger partial charge in [-0.2, -0.15) is 5.10 Å². The Labute approximate surface area is 208 Å². The van der Waals surface area contributed by atoms with Gasteiger partial charge in [0.15, 0.2) is 5.82 Å². The van der Waals surface area contributed by atoms with Crippen LogP contribution in [0, 0.1) is 25.6 Å². The van der Waals surface area contributed by atoms with Crippen molar-refractivity contribution < 1.29 is 9.18 Å². The van der Waals surface area contributed by atoms with Gasteiger partial charge in [-0.05, 0) is 67.6 Å². The van der Waals surface area contributed by atoms with Gasteiger partial charge in [0.2, 0.25) is 5.91 Å². The second kappa shape index (κ2) is 9.66. The van der Waals surface area contributed by atoms with Crippen molar-refractivity contribution in [2.45, 2.75) is 33.2 Å². The minimum Gasteiger partial charge on any atom is -0.354 e. The van der Waals surface area contributed by atoms with Crippen LogP contribution < -0.4 is 10.2 Å². The van der Waals surface area contributed by atoms with E-state index in [2.05, 4.69) is 53.3 Å². The van der Waals surface area contributed by atoms with Crippen LogP contribution in [0.5, 0.6) is 0 Å². The average molecular weight is 492 g/mol. The Balaban J connectivity index is 1.33. The number of halogens is 2. The Kier molecular flexibility index (Phi) is 6.43. The number of benzene rings is 2. The maximum atomic E-state index is 13.3. The van der Waals surface area contributed by atoms with Crippen LogP contribution in [0.25, 0.3) is 16.8 Å². The lowest BCUT2D eigenvalue weighted by molar-refractivity contribution is -0.125. The van der Waals surface area contributed by atoms with Crippen molar-refractivity contribution in [1.82, 2.24) is 19.9 Å². The van der Waals surface area contributed by atoms with Crippen molar-refractivity contribution in [2.75, 3.05) is 18.0 Å². The number of nitrogens with zero attached hydrogens (tertiary/aromatic N) is 4. The minimum atomic E-state index is -0.393. The van der Waals surface area contributed by atoms with Crippen LogP contribution in [0.1, 0.15) is 29.5 Å². The van der Waals surface area contributed by atoms with E-state index in [0.29, 0.717) is 17.1 Å². The summed E-state index contributed by atoms with van der Waals surface area (Å²) < 4.78 is 15.1. The van der Waals surface area contributed by atoms with Gasteiger partial charge in [0.25, 0.3) is 0 Å². The number of carbonyl (C=O) groups is 1. The van der Waals surface area contributed by atoms with Gasteiger partial charge in [-0.15, -0.1) is 0 Å². The molecule has 0 radical (unpaired) electrons. The number of anilines is 1. The van der Waals surface area contributed by atoms with Gasteiger partial charge in [-0.25, -0.2) is 13.9 Å². The highest BCUT2D eigenvalue weighted by molar-refractivity contribution is 6.31. The highest BCUT2D eigenvalue weighted by Crippen LogP contribution is 2.29. The first kappa shape index (κ1) is 23.3. The number of amides is 1. The third kappa shape index (κ3) is 4.86. The number of hydrogen-bond acceptors (Lipinski definition) is 4. The van der Waals surface area contributed by atoms with Crippen LogP contribution in [0.3, 0.4) is 0 Å². The SMILES string of the molecule is Cc1ccc(-c2cc3c(N4CCC[C@@H](C(=O)NCc5ccc(F)cc5Cl)C4)nccn3n2)cc1C. The Morgan fingerprint density at radius 3 is 2.83 bits per heavy atom. The summed E-state index contributed by atoms with van der Waals surface area (Å²) in [5.41, 5.74) is 6.05. The van der Waals surface area contributed by atoms with Crippen molar-refractivity contribution in [3.05, 3.63) is 82.4 Å². The Hall–Kier alpha value is -3.45. The molecule has 0 unspecified atom stereocenters. The molecule has 2 aromatic carbocycles. The number of aromatic nitrogens is 3. The number of carbonyl (C=O) groups excluding carboxylic acids is 1. The van der Waals surface area contributed by atoms with E-state index < -0.39 is 5.82 Å². The number of rotatable bonds is 5. The van der Waals surface area contributed by atoms with Gasteiger partial charge in [0, 0.05) is 42.6 Å². The molecule has 1 N–H and O–H groups in total. The van der Waals surface area contributed by atoms with Gasteiger partial charge in [-0.1, -0.05) is 29.8 Å². The molecule has 0 saturated carbocycles. The molecule has 1 amide bonds. The molecule has 1 aliphatic heterocycles. The molecule has 5 rings (SSSR count). The fourth-order valence-corrected chi connectivity index (χ4v) is 4.80. The van der Waals surface area contributed by atoms with Crippen LogP contribution in [0.15, 0.2) is 54.9 Å². The van der Waals surface area contributed by atoms with Gasteiger partial charge < -0.3 is 10.2 Å². The van der Waals surface area contributed by atoms with Gasteiger partial charge in [0.05, 0.1) is 11.6 Å². The minimum absolute atomic E-state index is 0.0358. The molecule has 0 spiro atoms. The molecular weight excluding hydrogens is 465 g/mol. The third-order valence-corrected chi connectivity index (χ3v) is 7.08. The molecule has 0 aliphatic carbocycles. The third-order valence-electron chi connectivity index (χ3n) is 6.73. The topological polar surface area (TPSA) is 62.5 Å². The molecule has 3 heterocycles. The smallest absolute Gasteiger partial charge is 0.225 e. The van der Waals surface area contributed by atoms with E-state index in [1.807, 2.05) is 10.7 Å². The number of fused-ring (bicyclic) bond motifs is 1. The molecule has 8 heteroatoms. The van der Waals surface area contributed by atoms with Crippen molar-refractivity contribution in [2.24, 2.45) is 5.92 Å². The van der Waals surface area contributed by atoms with Gasteiger partial charge >= 0.3 is 0 Å². The van der Waals surface area contributed by atoms with E-state index in [9.17, 15) is 9.18 Å². The molecular formula is C27H27ClFN5O. The highest BCUT2D eigenvalue weighted by atomic mass is 35.5. The Morgan fingerprint density at radius 2 is 2.03 bits per heavy atom. The quantitative estimate of drug-likeness (QED) is 0.409. The van der Waals surface area contributed by atoms with E-state index in [-0.39, 0.29) is 18.4 Å². The predicted octanol–water partition coefficient (Wildman–Crippen LogP) is 5.34. The maximum Gasteiger partial charge on any atom is 0.225 e. The second-order valence-corrected chi connectivity index (χ2v) is 9.56. The molecule has 1 saturated heterocycles. The van der Waals surface area contributed by atoms with E-state index in [0.717, 1.165) is 42.0 Å². The fourth-order valence-electron chi connectivity index (χ4n) is 4.57. The summed E-state index contributed by atoms with van der Waals surface area (Å²) in [5.74, 6) is 0.225. The normalized spacial score (nSPS) is 16.0. The summed E-state index contributed by atoms with van der Waals surface area (Å²) >= 11 is 6.10. The molecule has 1 aliphatic rings. The zero-order valence-corrected chi connectivity index (χ0v) is 20.5. The number of hydrogen-bond donors (Lipinski definition) is 1. The van der Waals surface area contributed by atoms with Gasteiger partial charge in [-0.3, -0.25) is 4.79 Å². The lowest BCUT2D eigenvalue weighted by Gasteiger charge is -2.33. The van der Waals surface area contributed by atoms with Crippen LogP contribution in [0.4, 0.5) is 10.2 Å². The summed E-state index contributed by atoms with van der Waals surface area (Å²) in [6.07, 6.45) is 5.29. The summed E-state index contributed by atoms with van der Waals surface area (Å²) in [5, 5.41) is 8.05. The lowest BCUT2D eigenvalue weighted by atomic mass is 9.97. The summed E-state index contributed by atoms with van der Waals surface area (Å²) in [6.45, 7) is 5.86. The molecule has 1 fully saturated rings. The van der Waals surface area contributed by atoms with Crippen LogP contribution in [-0.2, 0) is 11.3 Å². The summed E-state index contributed by atoms with van der Waals surface area (Å²) in [4.78, 5) is 19.8. The standard InChI is InChI=1S/C27H27ClFN5O/c1-17-5-6-19(12-18(17)2)24-14-25-26(30-9-11-34(25)32-24)33-10-3-4-21(16-33)27(35)31-15-20-7-8-22(29)13-23(20)28/h5-9,11-14,21H,3-4,10,15-16H2,1-2H3,(H,31,35)/t21-/m1/s1. The van der Waals surface area contributed by atoms with E-state index in [4.69, 9.17) is 16.7 Å². The molecule has 2 aromatic heterocycles. The maximum absolute atomic E-state index is 13.3. The average Bonchev–Trinajstić information content (AvgIpc) is 3.29. The van der Waals surface area contributed by atoms with E-state index >= 15 is 0 Å². The van der Waals surface area contributed by atoms with E-state index in [1.54, 1.807) is 12.3 Å². The highest BCUT2D eigenvalue weighted by Gasteiger charge is 2.28. The van der Waals surface area contributed by atoms with Crippen molar-refractivity contribution in [3.8, 4) is 11.3 Å². The number of nitrogens with one attached hydrogen (secondary N) is 1. The zero-order valence-electron chi connectivity index (χ0n) is 19.8. The van der Waals surface area contributed by atoms with Crippen molar-refractivity contribution >= 4 is 28.8 Å². The first-order valence-electron chi connectivity index (χ1n) is 11.8. The molecule has 1 atom stereocenters. The monoisotopic (exact) mass is 491 g/mol. The first-order chi connectivity index (χ1) is 16.9. The van der Waals surface area contributed by atoms with Crippen LogP contribution >= 0.6 is 11.6 Å². The number of aryl methyl sites for hydroxylation is 2. The van der Waals surface area contributed by atoms with E-state index in [1.165, 1.54) is 23.3 Å². The van der Waals surface area contributed by atoms with Crippen LogP contribution in [-0.4, -0.2) is 33.6 Å². The Bertz CT molecular complexity index is 1400. The lowest BCUT2D eigenvalue weighted by Crippen LogP contribution is -2.43. The number of piperidine rings is 1. The van der Waals surface area contributed by atoms with Crippen LogP contribution in [0.2, 0.25) is 5.02 Å². The van der Waals surface area contributed by atoms with Gasteiger partial charge in [0.1, 0.15) is 11.3 Å².